The molecule has 7 heteroatoms. The molecule has 0 aliphatic carbocycles. The molecule has 0 radical (unpaired) electrons. The zero-order chi connectivity index (χ0) is 17.0. The van der Waals surface area contributed by atoms with Crippen LogP contribution in [0.25, 0.3) is 0 Å². The summed E-state index contributed by atoms with van der Waals surface area (Å²) in [6, 6.07) is 7.31. The van der Waals surface area contributed by atoms with Crippen molar-refractivity contribution < 1.29 is 34.0 Å². The standard InChI is InChI=1S/C16H22O7/c1-9-14(15(23-10(2)17)13(18)16(19)22-9)21-8-11-4-6-12(20-3)7-5-11/h4-7,9,13-16,18-19H,8H2,1-3H3/t9-,13+,14-,15-,16+/m0/s1. The summed E-state index contributed by atoms with van der Waals surface area (Å²) in [5.74, 6) is 0.174. The van der Waals surface area contributed by atoms with Gasteiger partial charge in [-0.2, -0.15) is 0 Å². The molecule has 23 heavy (non-hydrogen) atoms. The van der Waals surface area contributed by atoms with Crippen molar-refractivity contribution in [3.8, 4) is 5.75 Å². The number of benzene rings is 1. The van der Waals surface area contributed by atoms with Crippen molar-refractivity contribution >= 4 is 5.97 Å². The molecule has 1 saturated heterocycles. The lowest BCUT2D eigenvalue weighted by atomic mass is 9.99. The van der Waals surface area contributed by atoms with E-state index in [1.165, 1.54) is 6.92 Å². The maximum absolute atomic E-state index is 11.2. The van der Waals surface area contributed by atoms with Gasteiger partial charge >= 0.3 is 5.97 Å². The Kier molecular flexibility index (Phi) is 5.95. The summed E-state index contributed by atoms with van der Waals surface area (Å²) in [5, 5.41) is 19.7. The average molecular weight is 326 g/mol. The highest BCUT2D eigenvalue weighted by molar-refractivity contribution is 5.66. The van der Waals surface area contributed by atoms with Crippen molar-refractivity contribution in [3.05, 3.63) is 29.8 Å². The van der Waals surface area contributed by atoms with Gasteiger partial charge in [0, 0.05) is 6.92 Å². The molecular weight excluding hydrogens is 304 g/mol. The van der Waals surface area contributed by atoms with Crippen LogP contribution >= 0.6 is 0 Å². The van der Waals surface area contributed by atoms with Crippen LogP contribution in [0.5, 0.6) is 5.75 Å². The van der Waals surface area contributed by atoms with Crippen molar-refractivity contribution in [2.24, 2.45) is 0 Å². The Labute approximate surface area is 134 Å². The molecule has 1 aliphatic heterocycles. The van der Waals surface area contributed by atoms with Crippen molar-refractivity contribution in [1.82, 2.24) is 0 Å². The molecule has 2 rings (SSSR count). The van der Waals surface area contributed by atoms with Crippen LogP contribution in [0.1, 0.15) is 19.4 Å². The monoisotopic (exact) mass is 326 g/mol. The summed E-state index contributed by atoms with van der Waals surface area (Å²) in [7, 11) is 1.59. The van der Waals surface area contributed by atoms with Crippen molar-refractivity contribution in [2.45, 2.75) is 51.2 Å². The van der Waals surface area contributed by atoms with Gasteiger partial charge in [-0.1, -0.05) is 12.1 Å². The van der Waals surface area contributed by atoms with Crippen LogP contribution in [0.3, 0.4) is 0 Å². The minimum Gasteiger partial charge on any atom is -0.497 e. The Morgan fingerprint density at radius 1 is 1.22 bits per heavy atom. The average Bonchev–Trinajstić information content (AvgIpc) is 2.52. The number of carbonyl (C=O) groups is 1. The fourth-order valence-corrected chi connectivity index (χ4v) is 2.47. The molecular formula is C16H22O7. The Hall–Kier alpha value is -1.67. The van der Waals surface area contributed by atoms with Gasteiger partial charge in [0.15, 0.2) is 12.4 Å². The van der Waals surface area contributed by atoms with Crippen molar-refractivity contribution in [3.63, 3.8) is 0 Å². The highest BCUT2D eigenvalue weighted by Gasteiger charge is 2.45. The number of rotatable bonds is 5. The number of ether oxygens (including phenoxy) is 4. The molecule has 1 aromatic rings. The van der Waals surface area contributed by atoms with Crippen LogP contribution in [-0.4, -0.2) is 54.0 Å². The number of carbonyl (C=O) groups excluding carboxylic acids is 1. The third kappa shape index (κ3) is 4.42. The minimum atomic E-state index is -1.42. The van der Waals surface area contributed by atoms with Gasteiger partial charge < -0.3 is 29.2 Å². The zero-order valence-electron chi connectivity index (χ0n) is 13.3. The predicted molar refractivity (Wildman–Crippen MR) is 79.7 cm³/mol. The normalized spacial score (nSPS) is 30.7. The van der Waals surface area contributed by atoms with E-state index in [4.69, 9.17) is 18.9 Å². The summed E-state index contributed by atoms with van der Waals surface area (Å²) in [6.07, 6.45) is -5.02. The van der Waals surface area contributed by atoms with E-state index in [0.717, 1.165) is 11.3 Å². The second-order valence-corrected chi connectivity index (χ2v) is 5.42. The molecule has 0 bridgehead atoms. The molecule has 1 aliphatic rings. The van der Waals surface area contributed by atoms with Gasteiger partial charge in [-0.15, -0.1) is 0 Å². The summed E-state index contributed by atoms with van der Waals surface area (Å²) >= 11 is 0. The summed E-state index contributed by atoms with van der Waals surface area (Å²) in [6.45, 7) is 3.16. The second-order valence-electron chi connectivity index (χ2n) is 5.42. The first-order chi connectivity index (χ1) is 10.9. The molecule has 1 heterocycles. The number of hydrogen-bond donors (Lipinski definition) is 2. The van der Waals surface area contributed by atoms with E-state index in [1.807, 2.05) is 24.3 Å². The van der Waals surface area contributed by atoms with E-state index in [-0.39, 0.29) is 6.61 Å². The van der Waals surface area contributed by atoms with Gasteiger partial charge in [-0.25, -0.2) is 0 Å². The summed E-state index contributed by atoms with van der Waals surface area (Å²) < 4.78 is 21.2. The highest BCUT2D eigenvalue weighted by atomic mass is 16.7. The number of methoxy groups -OCH3 is 1. The van der Waals surface area contributed by atoms with Gasteiger partial charge in [0.05, 0.1) is 19.8 Å². The topological polar surface area (TPSA) is 94.5 Å². The minimum absolute atomic E-state index is 0.239. The SMILES string of the molecule is COc1ccc(CO[C@@H]2[C@@H](OC(C)=O)[C@@H](O)[C@H](O)O[C@H]2C)cc1. The van der Waals surface area contributed by atoms with Gasteiger partial charge in [-0.3, -0.25) is 4.79 Å². The number of aliphatic hydroxyl groups is 2. The van der Waals surface area contributed by atoms with Crippen molar-refractivity contribution in [1.29, 1.82) is 0 Å². The molecule has 128 valence electrons. The fourth-order valence-electron chi connectivity index (χ4n) is 2.47. The number of esters is 1. The third-order valence-electron chi connectivity index (χ3n) is 3.67. The lowest BCUT2D eigenvalue weighted by Gasteiger charge is -2.41. The Morgan fingerprint density at radius 3 is 2.43 bits per heavy atom. The van der Waals surface area contributed by atoms with Crippen LogP contribution in [0.2, 0.25) is 0 Å². The Bertz CT molecular complexity index is 516. The summed E-state index contributed by atoms with van der Waals surface area (Å²) in [5.41, 5.74) is 0.889. The quantitative estimate of drug-likeness (QED) is 0.766. The van der Waals surface area contributed by atoms with E-state index in [2.05, 4.69) is 0 Å². The van der Waals surface area contributed by atoms with E-state index in [0.29, 0.717) is 0 Å². The van der Waals surface area contributed by atoms with Gasteiger partial charge in [0.25, 0.3) is 0 Å². The maximum Gasteiger partial charge on any atom is 0.303 e. The zero-order valence-corrected chi connectivity index (χ0v) is 13.3. The van der Waals surface area contributed by atoms with E-state index in [1.54, 1.807) is 14.0 Å². The molecule has 7 nitrogen and oxygen atoms in total. The van der Waals surface area contributed by atoms with E-state index < -0.39 is 36.7 Å². The van der Waals surface area contributed by atoms with Gasteiger partial charge in [0.2, 0.25) is 0 Å². The Morgan fingerprint density at radius 2 is 1.87 bits per heavy atom. The first kappa shape index (κ1) is 17.7. The lowest BCUT2D eigenvalue weighted by Crippen LogP contribution is -2.58. The van der Waals surface area contributed by atoms with Crippen LogP contribution in [0.4, 0.5) is 0 Å². The number of hydrogen-bond acceptors (Lipinski definition) is 7. The van der Waals surface area contributed by atoms with Crippen LogP contribution in [0.15, 0.2) is 24.3 Å². The molecule has 1 fully saturated rings. The van der Waals surface area contributed by atoms with E-state index in [9.17, 15) is 15.0 Å². The first-order valence-corrected chi connectivity index (χ1v) is 7.35. The molecule has 0 spiro atoms. The molecule has 0 saturated carbocycles. The fraction of sp³-hybridized carbons (Fsp3) is 0.562. The second kappa shape index (κ2) is 7.74. The molecule has 0 amide bonds. The largest absolute Gasteiger partial charge is 0.497 e. The third-order valence-corrected chi connectivity index (χ3v) is 3.67. The Balaban J connectivity index is 2.05. The molecule has 1 aromatic carbocycles. The van der Waals surface area contributed by atoms with Crippen LogP contribution in [0, 0.1) is 0 Å². The van der Waals surface area contributed by atoms with E-state index >= 15 is 0 Å². The summed E-state index contributed by atoms with van der Waals surface area (Å²) in [4.78, 5) is 11.2. The number of aliphatic hydroxyl groups excluding tert-OH is 2. The molecule has 5 atom stereocenters. The molecule has 0 unspecified atom stereocenters. The van der Waals surface area contributed by atoms with Crippen molar-refractivity contribution in [2.75, 3.05) is 7.11 Å². The first-order valence-electron chi connectivity index (χ1n) is 7.35. The molecule has 0 aromatic heterocycles. The molecule has 2 N–H and O–H groups in total. The predicted octanol–water partition coefficient (Wildman–Crippen LogP) is 0.610. The van der Waals surface area contributed by atoms with Gasteiger partial charge in [-0.05, 0) is 24.6 Å². The van der Waals surface area contributed by atoms with Crippen LogP contribution in [-0.2, 0) is 25.6 Å². The lowest BCUT2D eigenvalue weighted by molar-refractivity contribution is -0.290. The van der Waals surface area contributed by atoms with Crippen LogP contribution < -0.4 is 4.74 Å². The smallest absolute Gasteiger partial charge is 0.303 e. The highest BCUT2D eigenvalue weighted by Crippen LogP contribution is 2.26. The maximum atomic E-state index is 11.2. The van der Waals surface area contributed by atoms with Gasteiger partial charge in [0.1, 0.15) is 18.0 Å².